The van der Waals surface area contributed by atoms with Crippen molar-refractivity contribution < 1.29 is 4.74 Å². The molecule has 0 aromatic heterocycles. The molecule has 0 saturated heterocycles. The fourth-order valence-corrected chi connectivity index (χ4v) is 1.44. The summed E-state index contributed by atoms with van der Waals surface area (Å²) in [6, 6.07) is 19.0. The molecule has 2 aromatic rings. The van der Waals surface area contributed by atoms with E-state index in [1.165, 1.54) is 5.56 Å². The first-order valence-corrected chi connectivity index (χ1v) is 5.17. The molecule has 1 heteroatoms. The first-order chi connectivity index (χ1) is 7.88. The Morgan fingerprint density at radius 2 is 1.75 bits per heavy atom. The zero-order chi connectivity index (χ0) is 11.2. The Bertz CT molecular complexity index is 472. The van der Waals surface area contributed by atoms with Crippen molar-refractivity contribution in [2.24, 2.45) is 0 Å². The third kappa shape index (κ3) is 2.74. The lowest BCUT2D eigenvalue weighted by Crippen LogP contribution is -1.82. The van der Waals surface area contributed by atoms with Crippen LogP contribution in [0.5, 0.6) is 5.75 Å². The minimum Gasteiger partial charge on any atom is -0.496 e. The third-order valence-corrected chi connectivity index (χ3v) is 2.29. The molecule has 0 bridgehead atoms. The highest BCUT2D eigenvalue weighted by atomic mass is 16.5. The molecular formula is C15H13O. The van der Waals surface area contributed by atoms with Gasteiger partial charge in [-0.15, -0.1) is 0 Å². The molecule has 79 valence electrons. The molecule has 0 heterocycles. The van der Waals surface area contributed by atoms with Crippen molar-refractivity contribution in [3.63, 3.8) is 0 Å². The smallest absolute Gasteiger partial charge is 0.127 e. The monoisotopic (exact) mass is 209 g/mol. The highest BCUT2D eigenvalue weighted by molar-refractivity contribution is 5.69. The number of rotatable bonds is 3. The van der Waals surface area contributed by atoms with Gasteiger partial charge in [-0.2, -0.15) is 0 Å². The maximum absolute atomic E-state index is 5.12. The molecular weight excluding hydrogens is 196 g/mol. The highest BCUT2D eigenvalue weighted by Crippen LogP contribution is 2.14. The third-order valence-electron chi connectivity index (χ3n) is 2.29. The fraction of sp³-hybridized carbons (Fsp3) is 0.0667. The maximum atomic E-state index is 5.12. The Labute approximate surface area is 96.0 Å². The van der Waals surface area contributed by atoms with E-state index in [9.17, 15) is 0 Å². The number of methoxy groups -OCH3 is 1. The van der Waals surface area contributed by atoms with Crippen LogP contribution in [0, 0.1) is 6.07 Å². The van der Waals surface area contributed by atoms with Crippen molar-refractivity contribution in [1.29, 1.82) is 0 Å². The van der Waals surface area contributed by atoms with Crippen LogP contribution >= 0.6 is 0 Å². The van der Waals surface area contributed by atoms with Gasteiger partial charge < -0.3 is 4.74 Å². The molecule has 0 amide bonds. The molecule has 0 aliphatic carbocycles. The van der Waals surface area contributed by atoms with Gasteiger partial charge in [0.05, 0.1) is 7.11 Å². The molecule has 0 fully saturated rings. The van der Waals surface area contributed by atoms with Crippen LogP contribution in [0.4, 0.5) is 0 Å². The van der Waals surface area contributed by atoms with Crippen LogP contribution in [0.15, 0.2) is 48.5 Å². The van der Waals surface area contributed by atoms with E-state index in [-0.39, 0.29) is 0 Å². The van der Waals surface area contributed by atoms with Gasteiger partial charge in [-0.25, -0.2) is 0 Å². The van der Waals surface area contributed by atoms with Gasteiger partial charge in [0.25, 0.3) is 0 Å². The molecule has 0 unspecified atom stereocenters. The predicted octanol–water partition coefficient (Wildman–Crippen LogP) is 3.67. The zero-order valence-corrected chi connectivity index (χ0v) is 9.18. The molecule has 2 aromatic carbocycles. The molecule has 0 aliphatic heterocycles. The summed E-state index contributed by atoms with van der Waals surface area (Å²) < 4.78 is 5.12. The lowest BCUT2D eigenvalue weighted by Gasteiger charge is -1.99. The van der Waals surface area contributed by atoms with E-state index in [0.29, 0.717) is 0 Å². The van der Waals surface area contributed by atoms with Gasteiger partial charge in [0.15, 0.2) is 0 Å². The number of hydrogen-bond donors (Lipinski definition) is 0. The summed E-state index contributed by atoms with van der Waals surface area (Å²) in [5.74, 6) is 0.759. The van der Waals surface area contributed by atoms with E-state index in [2.05, 4.69) is 30.4 Å². The van der Waals surface area contributed by atoms with E-state index in [1.54, 1.807) is 7.11 Å². The van der Waals surface area contributed by atoms with Gasteiger partial charge >= 0.3 is 0 Å². The largest absolute Gasteiger partial charge is 0.496 e. The van der Waals surface area contributed by atoms with Crippen molar-refractivity contribution in [2.75, 3.05) is 7.11 Å². The van der Waals surface area contributed by atoms with E-state index >= 15 is 0 Å². The predicted molar refractivity (Wildman–Crippen MR) is 67.2 cm³/mol. The van der Waals surface area contributed by atoms with Crippen molar-refractivity contribution in [3.05, 3.63) is 65.7 Å². The summed E-state index contributed by atoms with van der Waals surface area (Å²) in [6.45, 7) is 0. The van der Waals surface area contributed by atoms with Crippen LogP contribution in [0.3, 0.4) is 0 Å². The molecule has 0 atom stereocenters. The summed E-state index contributed by atoms with van der Waals surface area (Å²) in [6.07, 6.45) is 4.14. The Hall–Kier alpha value is -2.02. The topological polar surface area (TPSA) is 9.23 Å². The minimum atomic E-state index is 0.759. The van der Waals surface area contributed by atoms with Crippen LogP contribution in [0.25, 0.3) is 12.2 Å². The Kier molecular flexibility index (Phi) is 3.39. The van der Waals surface area contributed by atoms with Crippen LogP contribution in [-0.2, 0) is 0 Å². The first-order valence-electron chi connectivity index (χ1n) is 5.17. The molecule has 0 aliphatic rings. The van der Waals surface area contributed by atoms with Crippen molar-refractivity contribution in [3.8, 4) is 5.75 Å². The Morgan fingerprint density at radius 1 is 1.00 bits per heavy atom. The second kappa shape index (κ2) is 5.17. The summed E-state index contributed by atoms with van der Waals surface area (Å²) in [7, 11) is 1.65. The number of benzene rings is 2. The van der Waals surface area contributed by atoms with Crippen LogP contribution in [0.1, 0.15) is 11.1 Å². The van der Waals surface area contributed by atoms with Gasteiger partial charge in [0, 0.05) is 6.07 Å². The number of ether oxygens (including phenoxy) is 1. The summed E-state index contributed by atoms with van der Waals surface area (Å²) in [5.41, 5.74) is 2.30. The molecule has 0 N–H and O–H groups in total. The summed E-state index contributed by atoms with van der Waals surface area (Å²) >= 11 is 0. The lowest BCUT2D eigenvalue weighted by atomic mass is 10.1. The average Bonchev–Trinajstić information content (AvgIpc) is 2.38. The Balaban J connectivity index is 2.17. The molecule has 1 nitrogen and oxygen atoms in total. The van der Waals surface area contributed by atoms with Crippen molar-refractivity contribution in [1.82, 2.24) is 0 Å². The fourth-order valence-electron chi connectivity index (χ4n) is 1.44. The first kappa shape index (κ1) is 10.5. The van der Waals surface area contributed by atoms with E-state index in [0.717, 1.165) is 11.3 Å². The molecule has 0 spiro atoms. The van der Waals surface area contributed by atoms with Gasteiger partial charge in [-0.3, -0.25) is 0 Å². The Morgan fingerprint density at radius 3 is 2.50 bits per heavy atom. The van der Waals surface area contributed by atoms with Crippen LogP contribution < -0.4 is 4.74 Å². The normalized spacial score (nSPS) is 10.6. The number of hydrogen-bond acceptors (Lipinski definition) is 1. The second-order valence-corrected chi connectivity index (χ2v) is 3.43. The van der Waals surface area contributed by atoms with Crippen LogP contribution in [0.2, 0.25) is 0 Å². The van der Waals surface area contributed by atoms with Gasteiger partial charge in [0.1, 0.15) is 5.75 Å². The van der Waals surface area contributed by atoms with E-state index < -0.39 is 0 Å². The summed E-state index contributed by atoms with van der Waals surface area (Å²) in [4.78, 5) is 0. The standard InChI is InChI=1S/C15H13O/c1-16-15-9-5-8-14(12-15)11-10-13-6-3-2-4-7-13/h2-8,10-12H,1H3/b11-10+. The molecule has 0 saturated carbocycles. The summed E-state index contributed by atoms with van der Waals surface area (Å²) in [5, 5.41) is 0. The highest BCUT2D eigenvalue weighted by Gasteiger charge is 1.91. The van der Waals surface area contributed by atoms with Gasteiger partial charge in [-0.1, -0.05) is 48.6 Å². The van der Waals surface area contributed by atoms with Crippen LogP contribution in [-0.4, -0.2) is 7.11 Å². The van der Waals surface area contributed by atoms with Crippen molar-refractivity contribution in [2.45, 2.75) is 0 Å². The minimum absolute atomic E-state index is 0.759. The SMILES string of the molecule is COc1[c]ccc(/C=C/c2ccccc2)c1. The quantitative estimate of drug-likeness (QED) is 0.701. The maximum Gasteiger partial charge on any atom is 0.127 e. The average molecular weight is 209 g/mol. The van der Waals surface area contributed by atoms with Crippen molar-refractivity contribution >= 4 is 12.2 Å². The zero-order valence-electron chi connectivity index (χ0n) is 9.18. The van der Waals surface area contributed by atoms with Gasteiger partial charge in [-0.05, 0) is 23.3 Å². The molecule has 16 heavy (non-hydrogen) atoms. The van der Waals surface area contributed by atoms with E-state index in [1.807, 2.05) is 36.4 Å². The van der Waals surface area contributed by atoms with Gasteiger partial charge in [0.2, 0.25) is 0 Å². The van der Waals surface area contributed by atoms with E-state index in [4.69, 9.17) is 4.74 Å². The lowest BCUT2D eigenvalue weighted by molar-refractivity contribution is 0.414. The molecule has 2 rings (SSSR count). The second-order valence-electron chi connectivity index (χ2n) is 3.43. The molecule has 1 radical (unpaired) electrons.